The van der Waals surface area contributed by atoms with Crippen LogP contribution < -0.4 is 4.74 Å². The van der Waals surface area contributed by atoms with Crippen molar-refractivity contribution in [2.24, 2.45) is 0 Å². The summed E-state index contributed by atoms with van der Waals surface area (Å²) in [7, 11) is 0. The Kier molecular flexibility index (Phi) is 6.29. The number of aromatic hydroxyl groups is 1. The van der Waals surface area contributed by atoms with E-state index in [0.29, 0.717) is 12.4 Å². The Bertz CT molecular complexity index is 432. The van der Waals surface area contributed by atoms with E-state index in [1.165, 1.54) is 0 Å². The van der Waals surface area contributed by atoms with Gasteiger partial charge in [0, 0.05) is 50.9 Å². The van der Waals surface area contributed by atoms with Crippen LogP contribution in [0.4, 0.5) is 0 Å². The van der Waals surface area contributed by atoms with Crippen LogP contribution in [-0.2, 0) is 6.54 Å². The Labute approximate surface area is 126 Å². The molecule has 1 fully saturated rings. The Morgan fingerprint density at radius 1 is 1.14 bits per heavy atom. The molecule has 0 spiro atoms. The van der Waals surface area contributed by atoms with Crippen LogP contribution in [0.1, 0.15) is 18.9 Å². The minimum absolute atomic E-state index is 0.222. The number of benzene rings is 1. The molecular formula is C16H26N2O3. The Balaban J connectivity index is 1.86. The topological polar surface area (TPSA) is 56.2 Å². The van der Waals surface area contributed by atoms with Crippen molar-refractivity contribution < 1.29 is 14.9 Å². The zero-order valence-corrected chi connectivity index (χ0v) is 12.8. The molecule has 5 nitrogen and oxygen atoms in total. The number of hydrogen-bond acceptors (Lipinski definition) is 5. The van der Waals surface area contributed by atoms with E-state index in [-0.39, 0.29) is 6.61 Å². The summed E-state index contributed by atoms with van der Waals surface area (Å²) >= 11 is 0. The molecule has 21 heavy (non-hydrogen) atoms. The van der Waals surface area contributed by atoms with Gasteiger partial charge in [0.15, 0.2) is 0 Å². The van der Waals surface area contributed by atoms with Crippen molar-refractivity contribution in [2.45, 2.75) is 19.9 Å². The maximum atomic E-state index is 10.1. The molecule has 1 heterocycles. The molecule has 118 valence electrons. The fourth-order valence-corrected chi connectivity index (χ4v) is 2.54. The van der Waals surface area contributed by atoms with E-state index in [9.17, 15) is 5.11 Å². The van der Waals surface area contributed by atoms with Crippen LogP contribution in [0.25, 0.3) is 0 Å². The Morgan fingerprint density at radius 2 is 1.86 bits per heavy atom. The van der Waals surface area contributed by atoms with E-state index in [0.717, 1.165) is 57.0 Å². The highest BCUT2D eigenvalue weighted by molar-refractivity contribution is 5.39. The van der Waals surface area contributed by atoms with Crippen LogP contribution in [0, 0.1) is 0 Å². The highest BCUT2D eigenvalue weighted by atomic mass is 16.5. The third-order valence-corrected chi connectivity index (χ3v) is 3.80. The number of aliphatic hydroxyl groups excluding tert-OH is 1. The maximum Gasteiger partial charge on any atom is 0.123 e. The first-order valence-electron chi connectivity index (χ1n) is 7.73. The van der Waals surface area contributed by atoms with Crippen LogP contribution >= 0.6 is 0 Å². The second-order valence-corrected chi connectivity index (χ2v) is 5.48. The molecule has 2 rings (SSSR count). The van der Waals surface area contributed by atoms with Gasteiger partial charge in [0.2, 0.25) is 0 Å². The summed E-state index contributed by atoms with van der Waals surface area (Å²) in [5.41, 5.74) is 0.939. The number of aliphatic hydroxyl groups is 1. The molecule has 0 amide bonds. The van der Waals surface area contributed by atoms with Crippen molar-refractivity contribution in [2.75, 3.05) is 45.9 Å². The summed E-state index contributed by atoms with van der Waals surface area (Å²) in [4.78, 5) is 4.59. The number of rotatable bonds is 7. The third kappa shape index (κ3) is 4.88. The molecule has 0 saturated carbocycles. The number of β-amino-alcohol motifs (C(OH)–C–C–N with tert-alkyl or cyclic N) is 1. The second-order valence-electron chi connectivity index (χ2n) is 5.48. The molecule has 2 N–H and O–H groups in total. The summed E-state index contributed by atoms with van der Waals surface area (Å²) in [5, 5.41) is 19.1. The van der Waals surface area contributed by atoms with Crippen LogP contribution in [-0.4, -0.2) is 66.0 Å². The molecule has 1 aliphatic rings. The molecule has 1 aliphatic heterocycles. The standard InChI is InChI=1S/C16H26N2O3/c1-2-11-21-15-4-3-14(16(20)12-15)13-18-7-5-17(6-8-18)9-10-19/h3-4,12,19-20H,2,5-11,13H2,1H3. The highest BCUT2D eigenvalue weighted by Crippen LogP contribution is 2.25. The molecule has 1 saturated heterocycles. The van der Waals surface area contributed by atoms with Crippen molar-refractivity contribution in [1.29, 1.82) is 0 Å². The van der Waals surface area contributed by atoms with Gasteiger partial charge in [-0.3, -0.25) is 9.80 Å². The number of phenolic OH excluding ortho intramolecular Hbond substituents is 1. The van der Waals surface area contributed by atoms with Gasteiger partial charge in [0.1, 0.15) is 11.5 Å². The first kappa shape index (κ1) is 16.1. The molecule has 1 aromatic rings. The lowest BCUT2D eigenvalue weighted by molar-refractivity contribution is 0.108. The lowest BCUT2D eigenvalue weighted by atomic mass is 10.1. The molecule has 0 bridgehead atoms. The lowest BCUT2D eigenvalue weighted by Crippen LogP contribution is -2.46. The van der Waals surface area contributed by atoms with E-state index in [1.807, 2.05) is 12.1 Å². The number of piperazine rings is 1. The van der Waals surface area contributed by atoms with E-state index < -0.39 is 0 Å². The van der Waals surface area contributed by atoms with Gasteiger partial charge in [-0.25, -0.2) is 0 Å². The average molecular weight is 294 g/mol. The number of nitrogens with zero attached hydrogens (tertiary/aromatic N) is 2. The van der Waals surface area contributed by atoms with Gasteiger partial charge in [0.05, 0.1) is 13.2 Å². The fourth-order valence-electron chi connectivity index (χ4n) is 2.54. The van der Waals surface area contributed by atoms with Gasteiger partial charge in [-0.2, -0.15) is 0 Å². The summed E-state index contributed by atoms with van der Waals surface area (Å²) in [6, 6.07) is 5.57. The van der Waals surface area contributed by atoms with Crippen LogP contribution in [0.3, 0.4) is 0 Å². The number of hydrogen-bond donors (Lipinski definition) is 2. The average Bonchev–Trinajstić information content (AvgIpc) is 2.50. The van der Waals surface area contributed by atoms with Gasteiger partial charge >= 0.3 is 0 Å². The van der Waals surface area contributed by atoms with Crippen LogP contribution in [0.15, 0.2) is 18.2 Å². The lowest BCUT2D eigenvalue weighted by Gasteiger charge is -2.34. The molecule has 0 aliphatic carbocycles. The third-order valence-electron chi connectivity index (χ3n) is 3.80. The Hall–Kier alpha value is -1.30. The van der Waals surface area contributed by atoms with Crippen molar-refractivity contribution in [3.63, 3.8) is 0 Å². The van der Waals surface area contributed by atoms with Gasteiger partial charge in [-0.1, -0.05) is 13.0 Å². The first-order chi connectivity index (χ1) is 10.2. The van der Waals surface area contributed by atoms with Crippen molar-refractivity contribution in [3.8, 4) is 11.5 Å². The number of phenols is 1. The molecule has 0 unspecified atom stereocenters. The monoisotopic (exact) mass is 294 g/mol. The van der Waals surface area contributed by atoms with Crippen molar-refractivity contribution in [3.05, 3.63) is 23.8 Å². The van der Waals surface area contributed by atoms with Crippen LogP contribution in [0.2, 0.25) is 0 Å². The summed E-state index contributed by atoms with van der Waals surface area (Å²) in [5.74, 6) is 1.03. The van der Waals surface area contributed by atoms with E-state index in [1.54, 1.807) is 6.07 Å². The molecule has 0 atom stereocenters. The SMILES string of the molecule is CCCOc1ccc(CN2CCN(CCO)CC2)c(O)c1. The molecule has 1 aromatic carbocycles. The fraction of sp³-hybridized carbons (Fsp3) is 0.625. The van der Waals surface area contributed by atoms with Gasteiger partial charge in [0.25, 0.3) is 0 Å². The normalized spacial score (nSPS) is 17.0. The molecule has 0 aromatic heterocycles. The van der Waals surface area contributed by atoms with E-state index in [4.69, 9.17) is 9.84 Å². The zero-order chi connectivity index (χ0) is 15.1. The summed E-state index contributed by atoms with van der Waals surface area (Å²) < 4.78 is 5.52. The molecule has 0 radical (unpaired) electrons. The van der Waals surface area contributed by atoms with Crippen molar-refractivity contribution >= 4 is 0 Å². The smallest absolute Gasteiger partial charge is 0.123 e. The van der Waals surface area contributed by atoms with Gasteiger partial charge < -0.3 is 14.9 Å². The van der Waals surface area contributed by atoms with Gasteiger partial charge in [-0.05, 0) is 12.5 Å². The highest BCUT2D eigenvalue weighted by Gasteiger charge is 2.17. The second kappa shape index (κ2) is 8.22. The van der Waals surface area contributed by atoms with Crippen molar-refractivity contribution in [1.82, 2.24) is 9.80 Å². The van der Waals surface area contributed by atoms with Crippen LogP contribution in [0.5, 0.6) is 11.5 Å². The summed E-state index contributed by atoms with van der Waals surface area (Å²) in [6.45, 7) is 8.34. The minimum atomic E-state index is 0.222. The zero-order valence-electron chi connectivity index (χ0n) is 12.8. The minimum Gasteiger partial charge on any atom is -0.507 e. The predicted octanol–water partition coefficient (Wildman–Crippen LogP) is 1.29. The summed E-state index contributed by atoms with van der Waals surface area (Å²) in [6.07, 6.45) is 0.959. The predicted molar refractivity (Wildman–Crippen MR) is 82.7 cm³/mol. The largest absolute Gasteiger partial charge is 0.507 e. The van der Waals surface area contributed by atoms with E-state index in [2.05, 4.69) is 16.7 Å². The van der Waals surface area contributed by atoms with E-state index >= 15 is 0 Å². The number of ether oxygens (including phenoxy) is 1. The Morgan fingerprint density at radius 3 is 2.48 bits per heavy atom. The molecular weight excluding hydrogens is 268 g/mol. The molecule has 5 heteroatoms. The maximum absolute atomic E-state index is 10.1. The first-order valence-corrected chi connectivity index (χ1v) is 7.73. The quantitative estimate of drug-likeness (QED) is 0.794. The van der Waals surface area contributed by atoms with Gasteiger partial charge in [-0.15, -0.1) is 0 Å².